The van der Waals surface area contributed by atoms with Gasteiger partial charge in [0.2, 0.25) is 0 Å². The maximum Gasteiger partial charge on any atom is 0.0945 e. The summed E-state index contributed by atoms with van der Waals surface area (Å²) in [4.78, 5) is 6.65. The number of piperidine rings is 1. The van der Waals surface area contributed by atoms with E-state index < -0.39 is 0 Å². The fraction of sp³-hybridized carbons (Fsp3) is 0.769. The highest BCUT2D eigenvalue weighted by Gasteiger charge is 2.24. The highest BCUT2D eigenvalue weighted by atomic mass is 16.3. The number of hydrogen-bond donors (Lipinski definition) is 1. The summed E-state index contributed by atoms with van der Waals surface area (Å²) in [6, 6.07) is 0.527. The third kappa shape index (κ3) is 3.30. The molecule has 2 rings (SSSR count). The number of hydrogen-bond acceptors (Lipinski definition) is 3. The highest BCUT2D eigenvalue weighted by molar-refractivity contribution is 4.98. The molecule has 0 amide bonds. The molecule has 17 heavy (non-hydrogen) atoms. The van der Waals surface area contributed by atoms with Crippen LogP contribution in [0.1, 0.15) is 38.3 Å². The molecule has 0 radical (unpaired) electrons. The average molecular weight is 237 g/mol. The summed E-state index contributed by atoms with van der Waals surface area (Å²) in [6.07, 6.45) is 8.25. The number of aromatic nitrogens is 2. The molecule has 1 N–H and O–H groups in total. The lowest BCUT2D eigenvalue weighted by molar-refractivity contribution is 0.0803. The van der Waals surface area contributed by atoms with E-state index in [1.807, 2.05) is 26.5 Å². The van der Waals surface area contributed by atoms with Crippen LogP contribution >= 0.6 is 0 Å². The minimum Gasteiger partial charge on any atom is -0.393 e. The first-order chi connectivity index (χ1) is 8.16. The van der Waals surface area contributed by atoms with Crippen molar-refractivity contribution in [2.75, 3.05) is 6.54 Å². The van der Waals surface area contributed by atoms with Crippen molar-refractivity contribution in [2.24, 2.45) is 7.05 Å². The van der Waals surface area contributed by atoms with Gasteiger partial charge in [-0.3, -0.25) is 4.90 Å². The molecule has 1 aliphatic heterocycles. The Morgan fingerprint density at radius 1 is 1.53 bits per heavy atom. The molecule has 0 aliphatic carbocycles. The zero-order chi connectivity index (χ0) is 12.3. The van der Waals surface area contributed by atoms with Gasteiger partial charge >= 0.3 is 0 Å². The molecule has 1 fully saturated rings. The molecule has 0 bridgehead atoms. The van der Waals surface area contributed by atoms with Crippen LogP contribution in [-0.2, 0) is 13.6 Å². The Balaban J connectivity index is 1.99. The van der Waals surface area contributed by atoms with Crippen molar-refractivity contribution in [3.8, 4) is 0 Å². The summed E-state index contributed by atoms with van der Waals surface area (Å²) < 4.78 is 2.08. The monoisotopic (exact) mass is 237 g/mol. The Morgan fingerprint density at radius 3 is 3.00 bits per heavy atom. The second-order valence-corrected chi connectivity index (χ2v) is 5.20. The fourth-order valence-corrected chi connectivity index (χ4v) is 2.67. The average Bonchev–Trinajstić information content (AvgIpc) is 2.67. The molecule has 4 heteroatoms. The molecule has 1 aromatic rings. The van der Waals surface area contributed by atoms with Crippen molar-refractivity contribution in [1.82, 2.24) is 14.5 Å². The van der Waals surface area contributed by atoms with Gasteiger partial charge in [0.15, 0.2) is 0 Å². The molecule has 1 aromatic heterocycles. The van der Waals surface area contributed by atoms with Gasteiger partial charge in [-0.25, -0.2) is 4.98 Å². The Kier molecular flexibility index (Phi) is 4.18. The minimum atomic E-state index is -0.202. The van der Waals surface area contributed by atoms with Crippen molar-refractivity contribution < 1.29 is 5.11 Å². The predicted octanol–water partition coefficient (Wildman–Crippen LogP) is 1.55. The quantitative estimate of drug-likeness (QED) is 0.863. The summed E-state index contributed by atoms with van der Waals surface area (Å²) in [5, 5.41) is 9.56. The van der Waals surface area contributed by atoms with Gasteiger partial charge in [0, 0.05) is 25.8 Å². The first-order valence-electron chi connectivity index (χ1n) is 6.54. The maximum atomic E-state index is 9.56. The Hall–Kier alpha value is -0.870. The molecule has 0 spiro atoms. The van der Waals surface area contributed by atoms with E-state index in [-0.39, 0.29) is 6.10 Å². The van der Waals surface area contributed by atoms with Gasteiger partial charge in [0.1, 0.15) is 0 Å². The van der Waals surface area contributed by atoms with E-state index in [0.29, 0.717) is 6.04 Å². The first kappa shape index (κ1) is 12.6. The normalized spacial score (nSPS) is 23.8. The summed E-state index contributed by atoms with van der Waals surface area (Å²) in [5.74, 6) is 0. The van der Waals surface area contributed by atoms with Crippen LogP contribution in [0.25, 0.3) is 0 Å². The molecule has 0 saturated carbocycles. The zero-order valence-corrected chi connectivity index (χ0v) is 10.8. The smallest absolute Gasteiger partial charge is 0.0945 e. The van der Waals surface area contributed by atoms with Gasteiger partial charge in [0.25, 0.3) is 0 Å². The van der Waals surface area contributed by atoms with E-state index in [0.717, 1.165) is 19.5 Å². The summed E-state index contributed by atoms with van der Waals surface area (Å²) in [6.45, 7) is 3.98. The second kappa shape index (κ2) is 5.65. The number of aliphatic hydroxyl groups is 1. The van der Waals surface area contributed by atoms with Crippen molar-refractivity contribution >= 4 is 0 Å². The topological polar surface area (TPSA) is 41.3 Å². The van der Waals surface area contributed by atoms with E-state index in [1.54, 1.807) is 0 Å². The van der Waals surface area contributed by atoms with Crippen LogP contribution in [0.15, 0.2) is 12.5 Å². The third-order valence-corrected chi connectivity index (χ3v) is 3.64. The van der Waals surface area contributed by atoms with Crippen molar-refractivity contribution in [2.45, 2.75) is 51.3 Å². The molecule has 1 aliphatic rings. The molecule has 1 saturated heterocycles. The van der Waals surface area contributed by atoms with E-state index in [9.17, 15) is 5.11 Å². The van der Waals surface area contributed by atoms with E-state index in [4.69, 9.17) is 0 Å². The highest BCUT2D eigenvalue weighted by Crippen LogP contribution is 2.22. The van der Waals surface area contributed by atoms with E-state index in [2.05, 4.69) is 14.5 Å². The van der Waals surface area contributed by atoms with Gasteiger partial charge in [-0.2, -0.15) is 0 Å². The lowest BCUT2D eigenvalue weighted by Gasteiger charge is -2.36. The standard InChI is InChI=1S/C13H23N3O/c1-11(17)7-12-5-3-4-6-16(12)9-13-8-14-10-15(13)2/h8,10-12,17H,3-7,9H2,1-2H3. The van der Waals surface area contributed by atoms with Crippen LogP contribution in [0.4, 0.5) is 0 Å². The first-order valence-corrected chi connectivity index (χ1v) is 6.54. The number of aliphatic hydroxyl groups excluding tert-OH is 1. The largest absolute Gasteiger partial charge is 0.393 e. The summed E-state index contributed by atoms with van der Waals surface area (Å²) in [7, 11) is 2.04. The predicted molar refractivity (Wildman–Crippen MR) is 67.6 cm³/mol. The van der Waals surface area contributed by atoms with Gasteiger partial charge in [-0.05, 0) is 32.7 Å². The maximum absolute atomic E-state index is 9.56. The van der Waals surface area contributed by atoms with E-state index in [1.165, 1.54) is 25.0 Å². The van der Waals surface area contributed by atoms with Crippen LogP contribution < -0.4 is 0 Å². The molecular weight excluding hydrogens is 214 g/mol. The number of imidazole rings is 1. The van der Waals surface area contributed by atoms with Crippen molar-refractivity contribution in [3.05, 3.63) is 18.2 Å². The minimum absolute atomic E-state index is 0.202. The van der Waals surface area contributed by atoms with Gasteiger partial charge in [-0.1, -0.05) is 6.42 Å². The molecular formula is C13H23N3O. The number of aryl methyl sites for hydroxylation is 1. The van der Waals surface area contributed by atoms with Crippen LogP contribution in [-0.4, -0.2) is 38.2 Å². The van der Waals surface area contributed by atoms with Crippen LogP contribution in [0.5, 0.6) is 0 Å². The summed E-state index contributed by atoms with van der Waals surface area (Å²) in [5.41, 5.74) is 1.25. The zero-order valence-electron chi connectivity index (χ0n) is 10.8. The van der Waals surface area contributed by atoms with E-state index >= 15 is 0 Å². The Bertz CT molecular complexity index is 348. The molecule has 2 unspecified atom stereocenters. The van der Waals surface area contributed by atoms with Crippen molar-refractivity contribution in [3.63, 3.8) is 0 Å². The molecule has 96 valence electrons. The van der Waals surface area contributed by atoms with Gasteiger partial charge in [-0.15, -0.1) is 0 Å². The molecule has 4 nitrogen and oxygen atoms in total. The number of likely N-dealkylation sites (tertiary alicyclic amines) is 1. The van der Waals surface area contributed by atoms with Crippen LogP contribution in [0.2, 0.25) is 0 Å². The fourth-order valence-electron chi connectivity index (χ4n) is 2.67. The Morgan fingerprint density at radius 2 is 2.35 bits per heavy atom. The SMILES string of the molecule is CC(O)CC1CCCCN1Cc1cncn1C. The van der Waals surface area contributed by atoms with Gasteiger partial charge < -0.3 is 9.67 Å². The lowest BCUT2D eigenvalue weighted by Crippen LogP contribution is -2.40. The van der Waals surface area contributed by atoms with Crippen LogP contribution in [0, 0.1) is 0 Å². The summed E-state index contributed by atoms with van der Waals surface area (Å²) >= 11 is 0. The molecule has 2 heterocycles. The second-order valence-electron chi connectivity index (χ2n) is 5.20. The van der Waals surface area contributed by atoms with Gasteiger partial charge in [0.05, 0.1) is 18.1 Å². The third-order valence-electron chi connectivity index (χ3n) is 3.64. The molecule has 2 atom stereocenters. The number of rotatable bonds is 4. The number of nitrogens with zero attached hydrogens (tertiary/aromatic N) is 3. The van der Waals surface area contributed by atoms with Crippen molar-refractivity contribution in [1.29, 1.82) is 0 Å². The lowest BCUT2D eigenvalue weighted by atomic mass is 9.97. The van der Waals surface area contributed by atoms with Crippen LogP contribution in [0.3, 0.4) is 0 Å². The Labute approximate surface area is 103 Å². The molecule has 0 aromatic carbocycles.